The van der Waals surface area contributed by atoms with Crippen molar-refractivity contribution in [1.29, 1.82) is 0 Å². The van der Waals surface area contributed by atoms with Gasteiger partial charge in [-0.25, -0.2) is 0 Å². The van der Waals surface area contributed by atoms with Crippen molar-refractivity contribution in [2.24, 2.45) is 0 Å². The Bertz CT molecular complexity index is 430. The van der Waals surface area contributed by atoms with E-state index in [2.05, 4.69) is 20.7 Å². The SMILES string of the molecule is O=c1[nH]c(OC(F)(F)F)cc(CBr)c1CO. The first-order valence-corrected chi connectivity index (χ1v) is 5.17. The topological polar surface area (TPSA) is 62.3 Å². The van der Waals surface area contributed by atoms with Crippen LogP contribution in [0.15, 0.2) is 10.9 Å². The van der Waals surface area contributed by atoms with Gasteiger partial charge in [0.1, 0.15) is 0 Å². The van der Waals surface area contributed by atoms with E-state index in [9.17, 15) is 18.0 Å². The summed E-state index contributed by atoms with van der Waals surface area (Å²) in [6.07, 6.45) is -4.87. The number of halogens is 4. The number of nitrogens with one attached hydrogen (secondary N) is 1. The van der Waals surface area contributed by atoms with Crippen LogP contribution in [-0.2, 0) is 11.9 Å². The summed E-state index contributed by atoms with van der Waals surface area (Å²) >= 11 is 3.00. The van der Waals surface area contributed by atoms with Gasteiger partial charge in [0.15, 0.2) is 0 Å². The maximum absolute atomic E-state index is 11.9. The Kier molecular flexibility index (Phi) is 3.98. The highest BCUT2D eigenvalue weighted by Crippen LogP contribution is 2.22. The largest absolute Gasteiger partial charge is 0.574 e. The van der Waals surface area contributed by atoms with E-state index in [0.717, 1.165) is 6.07 Å². The van der Waals surface area contributed by atoms with Gasteiger partial charge in [0.05, 0.1) is 6.61 Å². The molecule has 0 bridgehead atoms. The first-order chi connectivity index (χ1) is 7.37. The van der Waals surface area contributed by atoms with Gasteiger partial charge in [0, 0.05) is 17.0 Å². The van der Waals surface area contributed by atoms with Crippen molar-refractivity contribution in [3.8, 4) is 5.88 Å². The zero-order chi connectivity index (χ0) is 12.3. The predicted molar refractivity (Wildman–Crippen MR) is 52.3 cm³/mol. The molecular weight excluding hydrogens is 295 g/mol. The molecule has 0 spiro atoms. The number of aliphatic hydroxyl groups is 1. The molecule has 0 saturated heterocycles. The van der Waals surface area contributed by atoms with Crippen molar-refractivity contribution < 1.29 is 23.0 Å². The number of aliphatic hydroxyl groups excluding tert-OH is 1. The average Bonchev–Trinajstić information content (AvgIpc) is 2.14. The lowest BCUT2D eigenvalue weighted by Crippen LogP contribution is -2.22. The summed E-state index contributed by atoms with van der Waals surface area (Å²) in [6, 6.07) is 1.01. The first-order valence-electron chi connectivity index (χ1n) is 4.05. The van der Waals surface area contributed by atoms with Gasteiger partial charge in [0.25, 0.3) is 5.56 Å². The lowest BCUT2D eigenvalue weighted by atomic mass is 10.2. The van der Waals surface area contributed by atoms with Crippen molar-refractivity contribution in [2.75, 3.05) is 0 Å². The van der Waals surface area contributed by atoms with Crippen molar-refractivity contribution in [3.05, 3.63) is 27.5 Å². The van der Waals surface area contributed by atoms with Crippen LogP contribution in [0.2, 0.25) is 0 Å². The number of H-pyrrole nitrogens is 1. The number of aromatic nitrogens is 1. The molecule has 0 saturated carbocycles. The minimum Gasteiger partial charge on any atom is -0.391 e. The number of hydrogen-bond acceptors (Lipinski definition) is 3. The minimum absolute atomic E-state index is 0.00593. The van der Waals surface area contributed by atoms with Crippen LogP contribution in [0.4, 0.5) is 13.2 Å². The Hall–Kier alpha value is -1.02. The maximum Gasteiger partial charge on any atom is 0.574 e. The van der Waals surface area contributed by atoms with E-state index in [1.165, 1.54) is 0 Å². The van der Waals surface area contributed by atoms with E-state index < -0.39 is 24.4 Å². The molecule has 0 fully saturated rings. The molecular formula is C8H7BrF3NO3. The Balaban J connectivity index is 3.16. The average molecular weight is 302 g/mol. The van der Waals surface area contributed by atoms with Gasteiger partial charge in [-0.05, 0) is 5.56 Å². The number of rotatable bonds is 3. The summed E-state index contributed by atoms with van der Waals surface area (Å²) < 4.78 is 39.2. The molecule has 0 amide bonds. The van der Waals surface area contributed by atoms with Crippen LogP contribution in [0.5, 0.6) is 5.88 Å². The van der Waals surface area contributed by atoms with Gasteiger partial charge >= 0.3 is 6.36 Å². The van der Waals surface area contributed by atoms with Gasteiger partial charge < -0.3 is 9.84 Å². The molecule has 2 N–H and O–H groups in total. The van der Waals surface area contributed by atoms with E-state index in [0.29, 0.717) is 0 Å². The fourth-order valence-electron chi connectivity index (χ4n) is 1.09. The molecule has 0 unspecified atom stereocenters. The van der Waals surface area contributed by atoms with E-state index in [1.807, 2.05) is 4.98 Å². The Morgan fingerprint density at radius 3 is 2.56 bits per heavy atom. The van der Waals surface area contributed by atoms with Crippen LogP contribution in [0.1, 0.15) is 11.1 Å². The summed E-state index contributed by atoms with van der Waals surface area (Å²) in [5, 5.41) is 8.99. The zero-order valence-corrected chi connectivity index (χ0v) is 9.35. The predicted octanol–water partition coefficient (Wildman–Crippen LogP) is 1.66. The lowest BCUT2D eigenvalue weighted by molar-refractivity contribution is -0.276. The highest BCUT2D eigenvalue weighted by molar-refractivity contribution is 9.08. The Morgan fingerprint density at radius 1 is 1.50 bits per heavy atom. The number of alkyl halides is 4. The zero-order valence-electron chi connectivity index (χ0n) is 7.77. The van der Waals surface area contributed by atoms with E-state index in [4.69, 9.17) is 5.11 Å². The number of pyridine rings is 1. The Labute approximate surface area is 96.2 Å². The van der Waals surface area contributed by atoms with E-state index in [-0.39, 0.29) is 16.5 Å². The summed E-state index contributed by atoms with van der Waals surface area (Å²) in [7, 11) is 0. The monoisotopic (exact) mass is 301 g/mol. The second-order valence-electron chi connectivity index (χ2n) is 2.81. The molecule has 16 heavy (non-hydrogen) atoms. The molecule has 0 radical (unpaired) electrons. The molecule has 0 aliphatic heterocycles. The Morgan fingerprint density at radius 2 is 2.12 bits per heavy atom. The normalized spacial score (nSPS) is 11.6. The molecule has 4 nitrogen and oxygen atoms in total. The number of aromatic amines is 1. The van der Waals surface area contributed by atoms with Gasteiger partial charge in [-0.3, -0.25) is 9.78 Å². The van der Waals surface area contributed by atoms with Crippen LogP contribution in [-0.4, -0.2) is 16.5 Å². The van der Waals surface area contributed by atoms with E-state index in [1.54, 1.807) is 0 Å². The maximum atomic E-state index is 11.9. The van der Waals surface area contributed by atoms with Crippen molar-refractivity contribution in [1.82, 2.24) is 4.98 Å². The summed E-state index contributed by atoms with van der Waals surface area (Å²) in [5.74, 6) is -0.704. The molecule has 0 aliphatic rings. The third-order valence-corrected chi connectivity index (χ3v) is 2.34. The van der Waals surface area contributed by atoms with Crippen molar-refractivity contribution in [2.45, 2.75) is 18.3 Å². The quantitative estimate of drug-likeness (QED) is 0.835. The smallest absolute Gasteiger partial charge is 0.391 e. The molecule has 1 aromatic rings. The molecule has 8 heteroatoms. The summed E-state index contributed by atoms with van der Waals surface area (Å²) in [4.78, 5) is 13.1. The summed E-state index contributed by atoms with van der Waals surface area (Å²) in [5.41, 5.74) is -0.560. The lowest BCUT2D eigenvalue weighted by Gasteiger charge is -2.10. The number of ether oxygens (including phenoxy) is 1. The van der Waals surface area contributed by atoms with Crippen LogP contribution in [0, 0.1) is 0 Å². The fourth-order valence-corrected chi connectivity index (χ4v) is 1.59. The third-order valence-electron chi connectivity index (χ3n) is 1.73. The van der Waals surface area contributed by atoms with Gasteiger partial charge in [-0.2, -0.15) is 0 Å². The van der Waals surface area contributed by atoms with Crippen LogP contribution in [0.3, 0.4) is 0 Å². The standard InChI is InChI=1S/C8H7BrF3NO3/c9-2-4-1-6(16-8(10,11)12)13-7(15)5(4)3-14/h1,14H,2-3H2,(H,13,15). The second kappa shape index (κ2) is 4.88. The van der Waals surface area contributed by atoms with E-state index >= 15 is 0 Å². The number of hydrogen-bond donors (Lipinski definition) is 2. The molecule has 0 atom stereocenters. The van der Waals surface area contributed by atoms with Gasteiger partial charge in [0.2, 0.25) is 5.88 Å². The molecule has 1 heterocycles. The first kappa shape index (κ1) is 13.0. The molecule has 0 aromatic carbocycles. The third kappa shape index (κ3) is 3.24. The highest BCUT2D eigenvalue weighted by atomic mass is 79.9. The molecule has 1 rings (SSSR count). The second-order valence-corrected chi connectivity index (χ2v) is 3.37. The van der Waals surface area contributed by atoms with Gasteiger partial charge in [-0.1, -0.05) is 15.9 Å². The molecule has 0 aliphatic carbocycles. The van der Waals surface area contributed by atoms with Crippen molar-refractivity contribution in [3.63, 3.8) is 0 Å². The highest BCUT2D eigenvalue weighted by Gasteiger charge is 2.31. The van der Waals surface area contributed by atoms with Crippen molar-refractivity contribution >= 4 is 15.9 Å². The molecule has 90 valence electrons. The summed E-state index contributed by atoms with van der Waals surface area (Å²) in [6.45, 7) is -0.553. The fraction of sp³-hybridized carbons (Fsp3) is 0.375. The molecule has 1 aromatic heterocycles. The van der Waals surface area contributed by atoms with Crippen LogP contribution in [0.25, 0.3) is 0 Å². The minimum atomic E-state index is -4.87. The van der Waals surface area contributed by atoms with Crippen LogP contribution >= 0.6 is 15.9 Å². The van der Waals surface area contributed by atoms with Crippen LogP contribution < -0.4 is 10.3 Å². The van der Waals surface area contributed by atoms with Gasteiger partial charge in [-0.15, -0.1) is 13.2 Å².